The van der Waals surface area contributed by atoms with Crippen LogP contribution in [0.1, 0.15) is 11.5 Å². The second kappa shape index (κ2) is 9.11. The fourth-order valence-electron chi connectivity index (χ4n) is 2.42. The molecule has 0 aliphatic carbocycles. The summed E-state index contributed by atoms with van der Waals surface area (Å²) >= 11 is 6.29. The summed E-state index contributed by atoms with van der Waals surface area (Å²) in [6.45, 7) is -0.517. The number of ether oxygens (including phenoxy) is 3. The number of carboxylic acid groups (broad SMARTS) is 1. The predicted molar refractivity (Wildman–Crippen MR) is 104 cm³/mol. The smallest absolute Gasteiger partial charge is 0.269 e. The molecule has 0 bridgehead atoms. The third kappa shape index (κ3) is 5.05. The number of aromatic nitrogens is 2. The molecule has 0 aliphatic heterocycles. The number of aliphatic carboxylic acids is 1. The van der Waals surface area contributed by atoms with Crippen LogP contribution in [0.5, 0.6) is 17.2 Å². The van der Waals surface area contributed by atoms with E-state index < -0.39 is 12.6 Å². The highest BCUT2D eigenvalue weighted by Gasteiger charge is 2.14. The average molecular weight is 416 g/mol. The van der Waals surface area contributed by atoms with E-state index in [0.29, 0.717) is 28.6 Å². The molecule has 0 atom stereocenters. The molecule has 0 aliphatic rings. The zero-order valence-electron chi connectivity index (χ0n) is 15.5. The molecule has 3 aromatic rings. The summed E-state index contributed by atoms with van der Waals surface area (Å²) in [5, 5.41) is 14.6. The Morgan fingerprint density at radius 3 is 2.52 bits per heavy atom. The van der Waals surface area contributed by atoms with Gasteiger partial charge in [0.1, 0.15) is 17.4 Å². The normalized spacial score (nSPS) is 11.2. The van der Waals surface area contributed by atoms with E-state index >= 15 is 0 Å². The highest BCUT2D eigenvalue weighted by Crippen LogP contribution is 2.32. The fourth-order valence-corrected chi connectivity index (χ4v) is 2.63. The van der Waals surface area contributed by atoms with E-state index in [1.807, 2.05) is 0 Å². The lowest BCUT2D eigenvalue weighted by atomic mass is 10.2. The molecular formula is C20H16ClN2O6-. The molecule has 1 heterocycles. The number of carbonyl (C=O) groups is 1. The molecule has 0 amide bonds. The van der Waals surface area contributed by atoms with Crippen LogP contribution >= 0.6 is 11.6 Å². The second-order valence-electron chi connectivity index (χ2n) is 5.71. The van der Waals surface area contributed by atoms with E-state index in [-0.39, 0.29) is 10.9 Å². The molecule has 3 rings (SSSR count). The quantitative estimate of drug-likeness (QED) is 0.552. The van der Waals surface area contributed by atoms with E-state index in [4.69, 9.17) is 30.3 Å². The maximum atomic E-state index is 10.4. The van der Waals surface area contributed by atoms with Crippen LogP contribution in [0.4, 0.5) is 0 Å². The highest BCUT2D eigenvalue weighted by atomic mass is 35.5. The van der Waals surface area contributed by atoms with Gasteiger partial charge in [-0.1, -0.05) is 28.9 Å². The van der Waals surface area contributed by atoms with Crippen molar-refractivity contribution < 1.29 is 28.6 Å². The Balaban J connectivity index is 1.76. The van der Waals surface area contributed by atoms with Crippen molar-refractivity contribution in [1.29, 1.82) is 0 Å². The first-order valence-corrected chi connectivity index (χ1v) is 8.74. The molecule has 0 radical (unpaired) electrons. The van der Waals surface area contributed by atoms with Crippen LogP contribution in [-0.2, 0) is 4.79 Å². The van der Waals surface area contributed by atoms with Crippen LogP contribution in [0.15, 0.2) is 47.0 Å². The van der Waals surface area contributed by atoms with Crippen molar-refractivity contribution in [2.45, 2.75) is 0 Å². The molecule has 0 fully saturated rings. The van der Waals surface area contributed by atoms with E-state index in [1.54, 1.807) is 55.7 Å². The average Bonchev–Trinajstić information content (AvgIpc) is 3.23. The SMILES string of the molecule is COc1ccc(-c2noc(/C(Cl)=C/c3ccc(OCC(=O)[O-])cc3)n2)cc1OC. The Labute approximate surface area is 171 Å². The maximum absolute atomic E-state index is 10.4. The number of halogens is 1. The summed E-state index contributed by atoms with van der Waals surface area (Å²) in [7, 11) is 3.09. The molecule has 0 saturated carbocycles. The molecule has 1 aromatic heterocycles. The molecule has 150 valence electrons. The Bertz CT molecular complexity index is 1030. The van der Waals surface area contributed by atoms with Crippen LogP contribution < -0.4 is 19.3 Å². The molecule has 8 nitrogen and oxygen atoms in total. The number of carboxylic acids is 1. The molecule has 2 aromatic carbocycles. The monoisotopic (exact) mass is 415 g/mol. The lowest BCUT2D eigenvalue weighted by Crippen LogP contribution is -2.28. The summed E-state index contributed by atoms with van der Waals surface area (Å²) < 4.78 is 20.8. The maximum Gasteiger partial charge on any atom is 0.269 e. The number of carbonyl (C=O) groups excluding carboxylic acids is 1. The summed E-state index contributed by atoms with van der Waals surface area (Å²) in [6, 6.07) is 11.9. The van der Waals surface area contributed by atoms with Gasteiger partial charge in [0.15, 0.2) is 11.5 Å². The number of nitrogens with zero attached hydrogens (tertiary/aromatic N) is 2. The fraction of sp³-hybridized carbons (Fsp3) is 0.150. The molecule has 0 spiro atoms. The molecule has 0 N–H and O–H groups in total. The second-order valence-corrected chi connectivity index (χ2v) is 6.12. The number of hydrogen-bond acceptors (Lipinski definition) is 8. The van der Waals surface area contributed by atoms with Gasteiger partial charge >= 0.3 is 0 Å². The minimum Gasteiger partial charge on any atom is -0.546 e. The first-order chi connectivity index (χ1) is 14.0. The minimum absolute atomic E-state index is 0.147. The van der Waals surface area contributed by atoms with Crippen LogP contribution in [0, 0.1) is 0 Å². The molecule has 0 saturated heterocycles. The topological polar surface area (TPSA) is 107 Å². The Hall–Kier alpha value is -3.52. The third-order valence-electron chi connectivity index (χ3n) is 3.80. The zero-order chi connectivity index (χ0) is 20.8. The van der Waals surface area contributed by atoms with Crippen molar-refractivity contribution in [1.82, 2.24) is 10.1 Å². The summed E-state index contributed by atoms with van der Waals surface area (Å²) in [5.74, 6) is 0.728. The van der Waals surface area contributed by atoms with Gasteiger partial charge in [-0.2, -0.15) is 4.98 Å². The minimum atomic E-state index is -1.29. The number of hydrogen-bond donors (Lipinski definition) is 0. The summed E-state index contributed by atoms with van der Waals surface area (Å²) in [6.07, 6.45) is 1.63. The first kappa shape index (κ1) is 20.2. The van der Waals surface area contributed by atoms with Gasteiger partial charge in [0.05, 0.1) is 20.2 Å². The summed E-state index contributed by atoms with van der Waals surface area (Å²) in [4.78, 5) is 14.7. The standard InChI is InChI=1S/C20H17ClN2O6/c1-26-16-8-5-13(10-17(16)27-2)19-22-20(29-23-19)15(21)9-12-3-6-14(7-4-12)28-11-18(24)25/h3-10H,11H2,1-2H3,(H,24,25)/p-1/b15-9-. The molecule has 0 unspecified atom stereocenters. The molecule has 29 heavy (non-hydrogen) atoms. The van der Waals surface area contributed by atoms with Gasteiger partial charge in [-0.25, -0.2) is 0 Å². The summed E-state index contributed by atoms with van der Waals surface area (Å²) in [5.41, 5.74) is 1.42. The largest absolute Gasteiger partial charge is 0.546 e. The van der Waals surface area contributed by atoms with E-state index in [2.05, 4.69) is 10.1 Å². The van der Waals surface area contributed by atoms with Crippen molar-refractivity contribution in [2.24, 2.45) is 0 Å². The van der Waals surface area contributed by atoms with Crippen LogP contribution in [0.3, 0.4) is 0 Å². The number of methoxy groups -OCH3 is 2. The van der Waals surface area contributed by atoms with Gasteiger partial charge in [0.25, 0.3) is 5.89 Å². The Morgan fingerprint density at radius 1 is 1.14 bits per heavy atom. The van der Waals surface area contributed by atoms with Crippen molar-refractivity contribution in [2.75, 3.05) is 20.8 Å². The van der Waals surface area contributed by atoms with Gasteiger partial charge in [-0.15, -0.1) is 0 Å². The number of rotatable bonds is 8. The molecular weight excluding hydrogens is 400 g/mol. The van der Waals surface area contributed by atoms with Crippen molar-refractivity contribution in [3.8, 4) is 28.6 Å². The molecule has 9 heteroatoms. The van der Waals surface area contributed by atoms with Crippen LogP contribution in [-0.4, -0.2) is 36.9 Å². The lowest BCUT2D eigenvalue weighted by molar-refractivity contribution is -0.307. The van der Waals surface area contributed by atoms with Gasteiger partial charge in [0, 0.05) is 5.56 Å². The Kier molecular flexibility index (Phi) is 6.36. The zero-order valence-corrected chi connectivity index (χ0v) is 16.3. The lowest BCUT2D eigenvalue weighted by Gasteiger charge is -2.07. The van der Waals surface area contributed by atoms with E-state index in [1.165, 1.54) is 7.11 Å². The van der Waals surface area contributed by atoms with Gasteiger partial charge in [-0.3, -0.25) is 0 Å². The van der Waals surface area contributed by atoms with Crippen molar-refractivity contribution in [3.05, 3.63) is 53.9 Å². The highest BCUT2D eigenvalue weighted by molar-refractivity contribution is 6.50. The van der Waals surface area contributed by atoms with Crippen molar-refractivity contribution in [3.63, 3.8) is 0 Å². The number of benzene rings is 2. The first-order valence-electron chi connectivity index (χ1n) is 8.36. The van der Waals surface area contributed by atoms with E-state index in [9.17, 15) is 9.90 Å². The van der Waals surface area contributed by atoms with Crippen LogP contribution in [0.2, 0.25) is 0 Å². The predicted octanol–water partition coefficient (Wildman–Crippen LogP) is 2.62. The van der Waals surface area contributed by atoms with Gasteiger partial charge < -0.3 is 28.6 Å². The van der Waals surface area contributed by atoms with Crippen LogP contribution in [0.25, 0.3) is 22.5 Å². The van der Waals surface area contributed by atoms with Gasteiger partial charge in [-0.05, 0) is 42.0 Å². The Morgan fingerprint density at radius 2 is 1.86 bits per heavy atom. The van der Waals surface area contributed by atoms with Gasteiger partial charge in [0.2, 0.25) is 5.82 Å². The van der Waals surface area contributed by atoms with E-state index in [0.717, 1.165) is 5.56 Å². The third-order valence-corrected chi connectivity index (χ3v) is 4.07. The van der Waals surface area contributed by atoms with Crippen molar-refractivity contribution >= 4 is 28.7 Å².